The third kappa shape index (κ3) is 4.31. The Labute approximate surface area is 178 Å². The van der Waals surface area contributed by atoms with Crippen molar-refractivity contribution in [3.8, 4) is 5.75 Å². The molecular formula is C21H25N5O3S. The summed E-state index contributed by atoms with van der Waals surface area (Å²) in [7, 11) is 3.39. The molecule has 0 atom stereocenters. The third-order valence-corrected chi connectivity index (χ3v) is 6.06. The molecule has 4 rings (SSSR count). The van der Waals surface area contributed by atoms with E-state index in [2.05, 4.69) is 15.3 Å². The maximum atomic E-state index is 13.1. The van der Waals surface area contributed by atoms with Crippen molar-refractivity contribution in [3.63, 3.8) is 0 Å². The second-order valence-corrected chi connectivity index (χ2v) is 8.17. The predicted octanol–water partition coefficient (Wildman–Crippen LogP) is 1.64. The smallest absolute Gasteiger partial charge is 0.257 e. The van der Waals surface area contributed by atoms with Crippen LogP contribution in [0.2, 0.25) is 0 Å². The van der Waals surface area contributed by atoms with Gasteiger partial charge in [-0.15, -0.1) is 0 Å². The van der Waals surface area contributed by atoms with E-state index in [-0.39, 0.29) is 11.5 Å². The number of ether oxygens (including phenoxy) is 1. The average Bonchev–Trinajstić information content (AvgIpc) is 3.35. The molecule has 0 radical (unpaired) electrons. The summed E-state index contributed by atoms with van der Waals surface area (Å²) in [6.45, 7) is 3.20. The zero-order valence-electron chi connectivity index (χ0n) is 17.1. The Kier molecular flexibility index (Phi) is 6.01. The fraction of sp³-hybridized carbons (Fsp3) is 0.381. The molecule has 0 fully saturated rings. The number of aromatic nitrogens is 3. The van der Waals surface area contributed by atoms with E-state index >= 15 is 0 Å². The molecule has 4 heterocycles. The molecule has 158 valence electrons. The number of rotatable bonds is 6. The largest absolute Gasteiger partial charge is 0.496 e. The van der Waals surface area contributed by atoms with Crippen LogP contribution in [-0.4, -0.2) is 45.4 Å². The lowest BCUT2D eigenvalue weighted by Crippen LogP contribution is -2.31. The first kappa shape index (κ1) is 20.4. The SMILES string of the molecule is COc1cc(=O)n2c(c1C(=O)NCc1ccsc1)CCN(Cc1cnn(C)c1)CC2. The van der Waals surface area contributed by atoms with Gasteiger partial charge in [-0.2, -0.15) is 16.4 Å². The summed E-state index contributed by atoms with van der Waals surface area (Å²) in [6, 6.07) is 3.40. The lowest BCUT2D eigenvalue weighted by Gasteiger charge is -2.18. The Morgan fingerprint density at radius 2 is 2.17 bits per heavy atom. The Bertz CT molecular complexity index is 1090. The van der Waals surface area contributed by atoms with Crippen LogP contribution in [0.5, 0.6) is 5.75 Å². The molecule has 0 spiro atoms. The van der Waals surface area contributed by atoms with Crippen molar-refractivity contribution in [1.82, 2.24) is 24.6 Å². The molecule has 9 heteroatoms. The van der Waals surface area contributed by atoms with Gasteiger partial charge in [-0.25, -0.2) is 0 Å². The van der Waals surface area contributed by atoms with Crippen molar-refractivity contribution in [2.24, 2.45) is 7.05 Å². The zero-order valence-corrected chi connectivity index (χ0v) is 17.9. The van der Waals surface area contributed by atoms with Crippen molar-refractivity contribution < 1.29 is 9.53 Å². The maximum Gasteiger partial charge on any atom is 0.257 e. The van der Waals surface area contributed by atoms with Crippen LogP contribution >= 0.6 is 11.3 Å². The van der Waals surface area contributed by atoms with Crippen molar-refractivity contribution in [2.75, 3.05) is 20.2 Å². The highest BCUT2D eigenvalue weighted by molar-refractivity contribution is 7.07. The molecule has 1 N–H and O–H groups in total. The number of hydrogen-bond acceptors (Lipinski definition) is 6. The van der Waals surface area contributed by atoms with Gasteiger partial charge >= 0.3 is 0 Å². The summed E-state index contributed by atoms with van der Waals surface area (Å²) in [5.41, 5.74) is 3.22. The number of thiophene rings is 1. The zero-order chi connectivity index (χ0) is 21.1. The lowest BCUT2D eigenvalue weighted by atomic mass is 10.1. The number of aryl methyl sites for hydroxylation is 1. The Balaban J connectivity index is 1.58. The number of hydrogen-bond donors (Lipinski definition) is 1. The normalized spacial score (nSPS) is 14.2. The van der Waals surface area contributed by atoms with Gasteiger partial charge < -0.3 is 14.6 Å². The van der Waals surface area contributed by atoms with E-state index in [0.717, 1.165) is 36.5 Å². The number of methoxy groups -OCH3 is 1. The van der Waals surface area contributed by atoms with Crippen molar-refractivity contribution in [1.29, 1.82) is 0 Å². The van der Waals surface area contributed by atoms with Crippen LogP contribution in [0.25, 0.3) is 0 Å². The number of amides is 1. The minimum atomic E-state index is -0.220. The molecule has 0 unspecified atom stereocenters. The highest BCUT2D eigenvalue weighted by Crippen LogP contribution is 2.23. The first-order valence-electron chi connectivity index (χ1n) is 9.85. The minimum absolute atomic E-state index is 0.139. The summed E-state index contributed by atoms with van der Waals surface area (Å²) in [4.78, 5) is 28.0. The van der Waals surface area contributed by atoms with E-state index in [1.54, 1.807) is 20.6 Å². The van der Waals surface area contributed by atoms with Crippen LogP contribution in [0.3, 0.4) is 0 Å². The van der Waals surface area contributed by atoms with Gasteiger partial charge in [0, 0.05) is 69.7 Å². The number of nitrogens with zero attached hydrogens (tertiary/aromatic N) is 4. The molecule has 0 saturated heterocycles. The number of fused-ring (bicyclic) bond motifs is 1. The van der Waals surface area contributed by atoms with Crippen LogP contribution in [0.4, 0.5) is 0 Å². The van der Waals surface area contributed by atoms with Gasteiger partial charge in [-0.05, 0) is 22.4 Å². The highest BCUT2D eigenvalue weighted by atomic mass is 32.1. The van der Waals surface area contributed by atoms with Gasteiger partial charge in [0.2, 0.25) is 0 Å². The first-order valence-corrected chi connectivity index (χ1v) is 10.8. The monoisotopic (exact) mass is 427 g/mol. The Morgan fingerprint density at radius 3 is 2.87 bits per heavy atom. The van der Waals surface area contributed by atoms with Gasteiger partial charge in [0.05, 0.1) is 13.3 Å². The van der Waals surface area contributed by atoms with Crippen molar-refractivity contribution >= 4 is 17.2 Å². The van der Waals surface area contributed by atoms with Crippen molar-refractivity contribution in [3.05, 3.63) is 68.0 Å². The van der Waals surface area contributed by atoms with Gasteiger partial charge in [0.1, 0.15) is 11.3 Å². The lowest BCUT2D eigenvalue weighted by molar-refractivity contribution is 0.0945. The summed E-state index contributed by atoms with van der Waals surface area (Å²) in [6.07, 6.45) is 4.45. The maximum absolute atomic E-state index is 13.1. The summed E-state index contributed by atoms with van der Waals surface area (Å²) < 4.78 is 8.92. The molecule has 1 aliphatic heterocycles. The van der Waals surface area contributed by atoms with Gasteiger partial charge in [0.15, 0.2) is 0 Å². The molecule has 0 bridgehead atoms. The van der Waals surface area contributed by atoms with E-state index in [1.165, 1.54) is 13.2 Å². The van der Waals surface area contributed by atoms with E-state index in [4.69, 9.17) is 4.74 Å². The molecule has 30 heavy (non-hydrogen) atoms. The summed E-state index contributed by atoms with van der Waals surface area (Å²) in [5.74, 6) is 0.109. The second kappa shape index (κ2) is 8.85. The van der Waals surface area contributed by atoms with Gasteiger partial charge in [-0.3, -0.25) is 19.2 Å². The topological polar surface area (TPSA) is 81.4 Å². The van der Waals surface area contributed by atoms with Crippen LogP contribution in [-0.2, 0) is 33.1 Å². The molecule has 0 aliphatic carbocycles. The number of carbonyl (C=O) groups is 1. The fourth-order valence-corrected chi connectivity index (χ4v) is 4.50. The molecule has 0 saturated carbocycles. The third-order valence-electron chi connectivity index (χ3n) is 5.33. The van der Waals surface area contributed by atoms with E-state index < -0.39 is 0 Å². The van der Waals surface area contributed by atoms with Crippen LogP contribution in [0, 0.1) is 0 Å². The van der Waals surface area contributed by atoms with E-state index in [1.807, 2.05) is 36.3 Å². The first-order chi connectivity index (χ1) is 14.5. The highest BCUT2D eigenvalue weighted by Gasteiger charge is 2.25. The minimum Gasteiger partial charge on any atom is -0.496 e. The van der Waals surface area contributed by atoms with Crippen LogP contribution < -0.4 is 15.6 Å². The number of nitrogens with one attached hydrogen (secondary N) is 1. The summed E-state index contributed by atoms with van der Waals surface area (Å²) in [5, 5.41) is 11.2. The molecule has 1 aliphatic rings. The standard InChI is InChI=1S/C21H25N5O3S/c1-24-12-16(11-23-24)13-25-5-3-17-20(21(28)22-10-15-4-8-30-14-15)18(29-2)9-19(27)26(17)7-6-25/h4,8-9,11-12,14H,3,5-7,10,13H2,1-2H3,(H,22,28). The van der Waals surface area contributed by atoms with Crippen molar-refractivity contribution in [2.45, 2.75) is 26.1 Å². The molecular weight excluding hydrogens is 402 g/mol. The second-order valence-electron chi connectivity index (χ2n) is 7.39. The van der Waals surface area contributed by atoms with Gasteiger partial charge in [0.25, 0.3) is 11.5 Å². The summed E-state index contributed by atoms with van der Waals surface area (Å²) >= 11 is 1.59. The van der Waals surface area contributed by atoms with Gasteiger partial charge in [-0.1, -0.05) is 0 Å². The number of pyridine rings is 1. The quantitative estimate of drug-likeness (QED) is 0.647. The molecule has 3 aromatic rings. The van der Waals surface area contributed by atoms with Crippen LogP contribution in [0.1, 0.15) is 27.2 Å². The Hall–Kier alpha value is -2.91. The molecule has 0 aromatic carbocycles. The molecule has 8 nitrogen and oxygen atoms in total. The average molecular weight is 428 g/mol. The predicted molar refractivity (Wildman–Crippen MR) is 115 cm³/mol. The fourth-order valence-electron chi connectivity index (χ4n) is 3.83. The number of carbonyl (C=O) groups excluding carboxylic acids is 1. The molecule has 3 aromatic heterocycles. The van der Waals surface area contributed by atoms with Crippen LogP contribution in [0.15, 0.2) is 40.1 Å². The molecule has 1 amide bonds. The van der Waals surface area contributed by atoms with E-state index in [9.17, 15) is 9.59 Å². The Morgan fingerprint density at radius 1 is 1.30 bits per heavy atom. The van der Waals surface area contributed by atoms with E-state index in [0.29, 0.717) is 30.8 Å².